The van der Waals surface area contributed by atoms with Gasteiger partial charge in [0.1, 0.15) is 5.75 Å². The van der Waals surface area contributed by atoms with Gasteiger partial charge in [-0.2, -0.15) is 0 Å². The Kier molecular flexibility index (Phi) is 6.88. The summed E-state index contributed by atoms with van der Waals surface area (Å²) in [5.74, 6) is -0.773. The van der Waals surface area contributed by atoms with Crippen LogP contribution < -0.4 is 4.74 Å². The van der Waals surface area contributed by atoms with Gasteiger partial charge in [0.2, 0.25) is 0 Å². The predicted molar refractivity (Wildman–Crippen MR) is 107 cm³/mol. The molecule has 0 saturated carbocycles. The summed E-state index contributed by atoms with van der Waals surface area (Å²) in [7, 11) is 0. The van der Waals surface area contributed by atoms with Crippen LogP contribution in [-0.2, 0) is 9.59 Å². The number of carboxylic acids is 1. The number of nitrogens with zero attached hydrogens (tertiary/aromatic N) is 2. The third kappa shape index (κ3) is 5.11. The zero-order valence-corrected chi connectivity index (χ0v) is 17.4. The van der Waals surface area contributed by atoms with Crippen LogP contribution in [0.1, 0.15) is 33.3 Å². The maximum atomic E-state index is 12.8. The number of aliphatic imine (C=N–C) groups is 1. The zero-order valence-electron chi connectivity index (χ0n) is 15.0. The minimum absolute atomic E-state index is 0.0105. The fraction of sp³-hybridized carbons (Fsp3) is 0.389. The Balaban J connectivity index is 2.41. The molecule has 1 aliphatic rings. The third-order valence-electron chi connectivity index (χ3n) is 3.33. The molecule has 1 heterocycles. The summed E-state index contributed by atoms with van der Waals surface area (Å²) in [6, 6.07) is 5.28. The summed E-state index contributed by atoms with van der Waals surface area (Å²) in [4.78, 5) is 30.3. The molecule has 0 unspecified atom stereocenters. The van der Waals surface area contributed by atoms with Crippen molar-refractivity contribution in [2.45, 2.75) is 39.8 Å². The van der Waals surface area contributed by atoms with E-state index < -0.39 is 12.6 Å². The van der Waals surface area contributed by atoms with E-state index >= 15 is 0 Å². The maximum absolute atomic E-state index is 12.8. The smallest absolute Gasteiger partial charge is 0.341 e. The highest BCUT2D eigenvalue weighted by atomic mass is 79.9. The molecule has 0 aliphatic carbocycles. The number of carbonyl (C=O) groups is 2. The summed E-state index contributed by atoms with van der Waals surface area (Å²) in [5, 5.41) is 9.51. The molecule has 0 aromatic heterocycles. The highest BCUT2D eigenvalue weighted by Gasteiger charge is 2.35. The molecule has 1 fully saturated rings. The second-order valence-corrected chi connectivity index (χ2v) is 8.17. The fourth-order valence-electron chi connectivity index (χ4n) is 2.30. The van der Waals surface area contributed by atoms with Gasteiger partial charge in [-0.05, 0) is 63.7 Å². The van der Waals surface area contributed by atoms with Gasteiger partial charge in [-0.3, -0.25) is 14.7 Å². The van der Waals surface area contributed by atoms with Crippen molar-refractivity contribution in [2.75, 3.05) is 6.61 Å². The minimum atomic E-state index is -1.06. The molecule has 1 aliphatic heterocycles. The van der Waals surface area contributed by atoms with E-state index in [1.807, 2.05) is 27.7 Å². The number of ether oxygens (including phenoxy) is 1. The maximum Gasteiger partial charge on any atom is 0.341 e. The Morgan fingerprint density at radius 1 is 1.38 bits per heavy atom. The summed E-state index contributed by atoms with van der Waals surface area (Å²) < 4.78 is 6.14. The van der Waals surface area contributed by atoms with Crippen LogP contribution >= 0.6 is 27.7 Å². The van der Waals surface area contributed by atoms with E-state index in [4.69, 9.17) is 9.84 Å². The van der Waals surface area contributed by atoms with Gasteiger partial charge in [0.05, 0.1) is 4.91 Å². The standard InChI is InChI=1S/C18H21BrN2O4S/c1-10(2)20-18-21(11(3)4)17(24)15(26-18)8-12-7-13(19)5-6-14(12)25-9-16(22)23/h5-8,10-11H,9H2,1-4H3,(H,22,23)/b15-8+,20-18?. The molecule has 1 saturated heterocycles. The molecular weight excluding hydrogens is 420 g/mol. The molecule has 0 radical (unpaired) electrons. The number of benzene rings is 1. The molecule has 1 aromatic rings. The Bertz CT molecular complexity index is 774. The first kappa shape index (κ1) is 20.5. The second-order valence-electron chi connectivity index (χ2n) is 6.25. The van der Waals surface area contributed by atoms with Gasteiger partial charge in [-0.15, -0.1) is 0 Å². The van der Waals surface area contributed by atoms with Gasteiger partial charge < -0.3 is 9.84 Å². The Morgan fingerprint density at radius 2 is 2.08 bits per heavy atom. The molecule has 140 valence electrons. The van der Waals surface area contributed by atoms with E-state index in [9.17, 15) is 9.59 Å². The van der Waals surface area contributed by atoms with Crippen molar-refractivity contribution < 1.29 is 19.4 Å². The van der Waals surface area contributed by atoms with Gasteiger partial charge in [0, 0.05) is 22.1 Å². The summed E-state index contributed by atoms with van der Waals surface area (Å²) in [5.41, 5.74) is 0.631. The van der Waals surface area contributed by atoms with Gasteiger partial charge >= 0.3 is 5.97 Å². The number of thioether (sulfide) groups is 1. The minimum Gasteiger partial charge on any atom is -0.481 e. The molecule has 0 bridgehead atoms. The van der Waals surface area contributed by atoms with E-state index in [1.165, 1.54) is 11.8 Å². The summed E-state index contributed by atoms with van der Waals surface area (Å²) in [6.07, 6.45) is 1.72. The topological polar surface area (TPSA) is 79.2 Å². The molecule has 2 rings (SSSR count). The predicted octanol–water partition coefficient (Wildman–Crippen LogP) is 4.00. The fourth-order valence-corrected chi connectivity index (χ4v) is 3.90. The quantitative estimate of drug-likeness (QED) is 0.676. The number of carboxylic acid groups (broad SMARTS) is 1. The van der Waals surface area contributed by atoms with Gasteiger partial charge in [0.25, 0.3) is 5.91 Å². The van der Waals surface area contributed by atoms with Gasteiger partial charge in [-0.1, -0.05) is 15.9 Å². The number of rotatable bonds is 6. The van der Waals surface area contributed by atoms with E-state index in [0.29, 0.717) is 21.4 Å². The van der Waals surface area contributed by atoms with Crippen molar-refractivity contribution >= 4 is 50.8 Å². The van der Waals surface area contributed by atoms with Crippen LogP contribution in [0.15, 0.2) is 32.6 Å². The summed E-state index contributed by atoms with van der Waals surface area (Å²) in [6.45, 7) is 7.36. The van der Waals surface area contributed by atoms with Crippen LogP contribution in [-0.4, -0.2) is 45.7 Å². The van der Waals surface area contributed by atoms with Crippen LogP contribution in [0.25, 0.3) is 6.08 Å². The van der Waals surface area contributed by atoms with E-state index in [2.05, 4.69) is 20.9 Å². The van der Waals surface area contributed by atoms with Crippen LogP contribution in [0.5, 0.6) is 5.75 Å². The van der Waals surface area contributed by atoms with Crippen LogP contribution in [0.2, 0.25) is 0 Å². The second kappa shape index (κ2) is 8.73. The number of aliphatic carboxylic acids is 1. The SMILES string of the molecule is CC(C)N=C1S/C(=C/c2cc(Br)ccc2OCC(=O)O)C(=O)N1C(C)C. The first-order valence-corrected chi connectivity index (χ1v) is 9.75. The van der Waals surface area contributed by atoms with Crippen molar-refractivity contribution in [2.24, 2.45) is 4.99 Å². The van der Waals surface area contributed by atoms with Crippen molar-refractivity contribution in [3.63, 3.8) is 0 Å². The lowest BCUT2D eigenvalue weighted by molar-refractivity contribution is -0.139. The van der Waals surface area contributed by atoms with Crippen molar-refractivity contribution in [1.82, 2.24) is 4.90 Å². The molecule has 26 heavy (non-hydrogen) atoms. The Labute approximate surface area is 165 Å². The lowest BCUT2D eigenvalue weighted by atomic mass is 10.2. The van der Waals surface area contributed by atoms with Crippen molar-refractivity contribution in [3.05, 3.63) is 33.1 Å². The lowest BCUT2D eigenvalue weighted by Crippen LogP contribution is -2.35. The molecule has 0 atom stereocenters. The van der Waals surface area contributed by atoms with Gasteiger partial charge in [-0.25, -0.2) is 4.79 Å². The van der Waals surface area contributed by atoms with E-state index in [-0.39, 0.29) is 18.0 Å². The summed E-state index contributed by atoms with van der Waals surface area (Å²) >= 11 is 4.71. The molecule has 6 nitrogen and oxygen atoms in total. The monoisotopic (exact) mass is 440 g/mol. The first-order chi connectivity index (χ1) is 12.2. The number of hydrogen-bond acceptors (Lipinski definition) is 5. The first-order valence-electron chi connectivity index (χ1n) is 8.14. The normalized spacial score (nSPS) is 17.8. The molecule has 8 heteroatoms. The van der Waals surface area contributed by atoms with Crippen LogP contribution in [0.3, 0.4) is 0 Å². The van der Waals surface area contributed by atoms with E-state index in [0.717, 1.165) is 4.47 Å². The zero-order chi connectivity index (χ0) is 19.4. The number of amides is 1. The number of halogens is 1. The highest BCUT2D eigenvalue weighted by Crippen LogP contribution is 2.36. The highest BCUT2D eigenvalue weighted by molar-refractivity contribution is 9.10. The van der Waals surface area contributed by atoms with E-state index in [1.54, 1.807) is 29.2 Å². The van der Waals surface area contributed by atoms with Crippen molar-refractivity contribution in [1.29, 1.82) is 0 Å². The van der Waals surface area contributed by atoms with Crippen LogP contribution in [0.4, 0.5) is 0 Å². The van der Waals surface area contributed by atoms with Crippen molar-refractivity contribution in [3.8, 4) is 5.75 Å². The number of hydrogen-bond donors (Lipinski definition) is 1. The molecule has 1 N–H and O–H groups in total. The molecular formula is C18H21BrN2O4S. The number of carbonyl (C=O) groups excluding carboxylic acids is 1. The molecule has 1 amide bonds. The Morgan fingerprint density at radius 3 is 2.65 bits per heavy atom. The average Bonchev–Trinajstić information content (AvgIpc) is 2.81. The number of amidine groups is 1. The van der Waals surface area contributed by atoms with Gasteiger partial charge in [0.15, 0.2) is 11.8 Å². The Hall–Kier alpha value is -1.80. The lowest BCUT2D eigenvalue weighted by Gasteiger charge is -2.20. The molecule has 1 aromatic carbocycles. The van der Waals surface area contributed by atoms with Crippen LogP contribution in [0, 0.1) is 0 Å². The molecule has 0 spiro atoms. The third-order valence-corrected chi connectivity index (χ3v) is 4.82. The largest absolute Gasteiger partial charge is 0.481 e. The average molecular weight is 441 g/mol.